The van der Waals surface area contributed by atoms with Crippen LogP contribution in [0.15, 0.2) is 72.9 Å². The van der Waals surface area contributed by atoms with Crippen LogP contribution >= 0.6 is 11.6 Å². The van der Waals surface area contributed by atoms with Crippen molar-refractivity contribution in [3.63, 3.8) is 0 Å². The summed E-state index contributed by atoms with van der Waals surface area (Å²) in [6, 6.07) is 19.8. The van der Waals surface area contributed by atoms with Crippen LogP contribution < -0.4 is 10.5 Å². The zero-order chi connectivity index (χ0) is 28.6. The highest BCUT2D eigenvalue weighted by atomic mass is 35.5. The van der Waals surface area contributed by atoms with Crippen LogP contribution in [0.2, 0.25) is 5.02 Å². The molecule has 1 atom stereocenters. The molecule has 0 saturated heterocycles. The maximum Gasteiger partial charge on any atom is 0.461 e. The minimum Gasteiger partial charge on any atom is -0.428 e. The van der Waals surface area contributed by atoms with E-state index in [2.05, 4.69) is 39.4 Å². The second kappa shape index (κ2) is 17.0. The number of amides is 1. The Kier molecular flexibility index (Phi) is 14.6. The van der Waals surface area contributed by atoms with E-state index in [9.17, 15) is 22.4 Å². The molecular weight excluding hydrogens is 520 g/mol. The van der Waals surface area contributed by atoms with Gasteiger partial charge in [-0.25, -0.2) is 4.98 Å². The number of hydrogen-bond acceptors (Lipinski definition) is 3. The molecule has 0 aliphatic rings. The minimum absolute atomic E-state index is 0.165. The first-order valence-corrected chi connectivity index (χ1v) is 12.2. The number of benzene rings is 2. The van der Waals surface area contributed by atoms with E-state index in [1.165, 1.54) is 30.7 Å². The molecule has 204 valence electrons. The third-order valence-electron chi connectivity index (χ3n) is 4.87. The topological polar surface area (TPSA) is 65.2 Å². The van der Waals surface area contributed by atoms with Crippen molar-refractivity contribution in [1.29, 1.82) is 0 Å². The van der Waals surface area contributed by atoms with Gasteiger partial charge in [0, 0.05) is 19.5 Å². The molecule has 1 aromatic heterocycles. The molecule has 0 aliphatic carbocycles. The largest absolute Gasteiger partial charge is 0.461 e. The first-order chi connectivity index (χ1) is 17.9. The van der Waals surface area contributed by atoms with Gasteiger partial charge in [0.05, 0.1) is 5.02 Å². The molecule has 1 amide bonds. The van der Waals surface area contributed by atoms with Crippen molar-refractivity contribution < 1.29 is 27.1 Å². The maximum absolute atomic E-state index is 12.7. The Balaban J connectivity index is 0.000000333. The summed E-state index contributed by atoms with van der Waals surface area (Å²) in [6.45, 7) is 5.18. The monoisotopic (exact) mass is 550 g/mol. The predicted molar refractivity (Wildman–Crippen MR) is 142 cm³/mol. The number of alkyl halides is 4. The summed E-state index contributed by atoms with van der Waals surface area (Å²) in [6.07, 6.45) is -4.03. The van der Waals surface area contributed by atoms with Crippen LogP contribution in [-0.4, -0.2) is 23.4 Å². The SMILES string of the molecule is CC(N)=O.CCC(C)c1cccc(OC(F)(F)C(F)F)c1.Clc1ccc(C#CCCc2ccccc2)nc1. The van der Waals surface area contributed by atoms with Gasteiger partial charge in [-0.1, -0.05) is 73.8 Å². The molecule has 38 heavy (non-hydrogen) atoms. The first kappa shape index (κ1) is 32.5. The predicted octanol–water partition coefficient (Wildman–Crippen LogP) is 7.65. The molecule has 0 aliphatic heterocycles. The van der Waals surface area contributed by atoms with Crippen molar-refractivity contribution in [1.82, 2.24) is 4.98 Å². The molecule has 3 aromatic rings. The number of nitrogens with zero attached hydrogens (tertiary/aromatic N) is 1. The van der Waals surface area contributed by atoms with Crippen molar-refractivity contribution in [2.45, 2.75) is 58.5 Å². The number of hydrogen-bond donors (Lipinski definition) is 1. The average Bonchev–Trinajstić information content (AvgIpc) is 2.88. The molecule has 0 bridgehead atoms. The minimum atomic E-state index is -4.45. The Morgan fingerprint density at radius 3 is 2.32 bits per heavy atom. The van der Waals surface area contributed by atoms with Gasteiger partial charge in [0.2, 0.25) is 5.91 Å². The zero-order valence-electron chi connectivity index (χ0n) is 21.4. The van der Waals surface area contributed by atoms with E-state index in [0.29, 0.717) is 5.02 Å². The van der Waals surface area contributed by atoms with Crippen LogP contribution in [-0.2, 0) is 11.2 Å². The van der Waals surface area contributed by atoms with Gasteiger partial charge in [-0.15, -0.1) is 0 Å². The van der Waals surface area contributed by atoms with Gasteiger partial charge in [-0.05, 0) is 60.1 Å². The Hall–Kier alpha value is -3.57. The Morgan fingerprint density at radius 1 is 1.11 bits per heavy atom. The summed E-state index contributed by atoms with van der Waals surface area (Å²) in [4.78, 5) is 13.3. The number of carbonyl (C=O) groups excluding carboxylic acids is 1. The van der Waals surface area contributed by atoms with Crippen molar-refractivity contribution >= 4 is 17.5 Å². The number of carbonyl (C=O) groups is 1. The van der Waals surface area contributed by atoms with E-state index >= 15 is 0 Å². The van der Waals surface area contributed by atoms with Crippen molar-refractivity contribution in [2.24, 2.45) is 5.73 Å². The average molecular weight is 551 g/mol. The Morgan fingerprint density at radius 2 is 1.76 bits per heavy atom. The van der Waals surface area contributed by atoms with Crippen LogP contribution in [0.25, 0.3) is 0 Å². The molecule has 0 spiro atoms. The zero-order valence-corrected chi connectivity index (χ0v) is 22.2. The lowest BCUT2D eigenvalue weighted by Crippen LogP contribution is -2.33. The number of aromatic nitrogens is 1. The number of pyridine rings is 1. The molecule has 2 aromatic carbocycles. The van der Waals surface area contributed by atoms with Gasteiger partial charge in [-0.3, -0.25) is 4.79 Å². The fourth-order valence-electron chi connectivity index (χ4n) is 2.78. The molecular formula is C29H31ClF4N2O2. The van der Waals surface area contributed by atoms with Crippen LogP contribution in [0.3, 0.4) is 0 Å². The van der Waals surface area contributed by atoms with Gasteiger partial charge < -0.3 is 10.5 Å². The fourth-order valence-corrected chi connectivity index (χ4v) is 2.89. The van der Waals surface area contributed by atoms with E-state index in [1.807, 2.05) is 38.1 Å². The molecule has 4 nitrogen and oxygen atoms in total. The van der Waals surface area contributed by atoms with Crippen LogP contribution in [0, 0.1) is 11.8 Å². The number of rotatable bonds is 7. The van der Waals surface area contributed by atoms with Gasteiger partial charge in [-0.2, -0.15) is 17.6 Å². The van der Waals surface area contributed by atoms with Crippen molar-refractivity contribution in [3.8, 4) is 17.6 Å². The first-order valence-electron chi connectivity index (χ1n) is 11.8. The Labute approximate surface area is 226 Å². The van der Waals surface area contributed by atoms with Gasteiger partial charge >= 0.3 is 12.5 Å². The molecule has 3 rings (SSSR count). The number of aryl methyl sites for hydroxylation is 1. The fraction of sp³-hybridized carbons (Fsp3) is 0.310. The maximum atomic E-state index is 12.7. The number of primary amides is 1. The van der Waals surface area contributed by atoms with Gasteiger partial charge in [0.15, 0.2) is 0 Å². The third kappa shape index (κ3) is 13.7. The highest BCUT2D eigenvalue weighted by molar-refractivity contribution is 6.30. The number of ether oxygens (including phenoxy) is 1. The van der Waals surface area contributed by atoms with Crippen LogP contribution in [0.1, 0.15) is 56.4 Å². The second-order valence-electron chi connectivity index (χ2n) is 8.11. The van der Waals surface area contributed by atoms with Crippen molar-refractivity contribution in [2.75, 3.05) is 0 Å². The van der Waals surface area contributed by atoms with Gasteiger partial charge in [0.1, 0.15) is 11.4 Å². The molecule has 9 heteroatoms. The lowest BCUT2D eigenvalue weighted by atomic mass is 9.99. The van der Waals surface area contributed by atoms with Crippen LogP contribution in [0.5, 0.6) is 5.75 Å². The second-order valence-corrected chi connectivity index (χ2v) is 8.54. The molecule has 2 N–H and O–H groups in total. The van der Waals surface area contributed by atoms with Crippen LogP contribution in [0.4, 0.5) is 17.6 Å². The smallest absolute Gasteiger partial charge is 0.428 e. The summed E-state index contributed by atoms with van der Waals surface area (Å²) >= 11 is 5.74. The molecule has 0 radical (unpaired) electrons. The summed E-state index contributed by atoms with van der Waals surface area (Å²) in [5, 5.41) is 0.639. The van der Waals surface area contributed by atoms with E-state index in [-0.39, 0.29) is 17.6 Å². The normalized spacial score (nSPS) is 11.1. The third-order valence-corrected chi connectivity index (χ3v) is 5.10. The number of nitrogens with two attached hydrogens (primary N) is 1. The van der Waals surface area contributed by atoms with E-state index in [1.54, 1.807) is 18.3 Å². The quantitative estimate of drug-likeness (QED) is 0.243. The summed E-state index contributed by atoms with van der Waals surface area (Å²) < 4.78 is 53.3. The Bertz CT molecular complexity index is 1160. The van der Waals surface area contributed by atoms with E-state index < -0.39 is 12.5 Å². The van der Waals surface area contributed by atoms with Crippen molar-refractivity contribution in [3.05, 3.63) is 94.8 Å². The molecule has 1 heterocycles. The van der Waals surface area contributed by atoms with Gasteiger partial charge in [0.25, 0.3) is 0 Å². The lowest BCUT2D eigenvalue weighted by molar-refractivity contribution is -0.253. The lowest BCUT2D eigenvalue weighted by Gasteiger charge is -2.18. The number of halogens is 5. The highest BCUT2D eigenvalue weighted by Crippen LogP contribution is 2.29. The van der Waals surface area contributed by atoms with E-state index in [4.69, 9.17) is 11.6 Å². The summed E-state index contributed by atoms with van der Waals surface area (Å²) in [7, 11) is 0. The molecule has 0 fully saturated rings. The summed E-state index contributed by atoms with van der Waals surface area (Å²) in [5.74, 6) is 5.73. The standard InChI is InChI=1S/C15H12ClN.C12H14F4O.C2H5NO/c16-14-10-11-15(17-12-14)9-5-4-8-13-6-2-1-3-7-13;1-3-8(2)9-5-4-6-10(7-9)17-12(15,16)11(13)14;1-2(3)4/h1-3,6-7,10-12H,4,8H2;4-8,11H,3H2,1-2H3;1H3,(H2,3,4). The van der Waals surface area contributed by atoms with E-state index in [0.717, 1.165) is 30.5 Å². The molecule has 0 saturated carbocycles. The molecule has 1 unspecified atom stereocenters. The summed E-state index contributed by atoms with van der Waals surface area (Å²) in [5.41, 5.74) is 7.34. The highest BCUT2D eigenvalue weighted by Gasteiger charge is 2.43.